The van der Waals surface area contributed by atoms with E-state index in [2.05, 4.69) is 50.4 Å². The van der Waals surface area contributed by atoms with Crippen LogP contribution in [0.5, 0.6) is 0 Å². The second-order valence-corrected chi connectivity index (χ2v) is 6.60. The van der Waals surface area contributed by atoms with Crippen molar-refractivity contribution in [2.75, 3.05) is 27.7 Å². The number of benzene rings is 1. The maximum atomic E-state index is 5.99. The average molecular weight is 290 g/mol. The number of pyridine rings is 1. The van der Waals surface area contributed by atoms with Gasteiger partial charge in [-0.05, 0) is 29.8 Å². The van der Waals surface area contributed by atoms with Gasteiger partial charge in [-0.1, -0.05) is 29.8 Å². The third-order valence-electron chi connectivity index (χ3n) is 3.41. The van der Waals surface area contributed by atoms with Crippen molar-refractivity contribution in [1.29, 1.82) is 0 Å². The van der Waals surface area contributed by atoms with Crippen molar-refractivity contribution in [1.82, 2.24) is 4.98 Å². The molecule has 2 aromatic rings. The van der Waals surface area contributed by atoms with Gasteiger partial charge in [-0.15, -0.1) is 0 Å². The lowest BCUT2D eigenvalue weighted by Gasteiger charge is -2.26. The molecule has 0 saturated carbocycles. The van der Waals surface area contributed by atoms with Crippen LogP contribution in [0.3, 0.4) is 0 Å². The van der Waals surface area contributed by atoms with Crippen LogP contribution in [0.25, 0.3) is 0 Å². The first kappa shape index (κ1) is 15.0. The van der Waals surface area contributed by atoms with Gasteiger partial charge in [-0.2, -0.15) is 0 Å². The van der Waals surface area contributed by atoms with E-state index in [-0.39, 0.29) is 0 Å². The molecular formula is C17H22ClN2+. The fourth-order valence-electron chi connectivity index (χ4n) is 2.28. The van der Waals surface area contributed by atoms with E-state index in [9.17, 15) is 0 Å². The van der Waals surface area contributed by atoms with E-state index in [0.717, 1.165) is 28.2 Å². The van der Waals surface area contributed by atoms with Gasteiger partial charge >= 0.3 is 0 Å². The minimum absolute atomic E-state index is 0.325. The summed E-state index contributed by atoms with van der Waals surface area (Å²) in [7, 11) is 6.66. The van der Waals surface area contributed by atoms with Crippen molar-refractivity contribution in [3.8, 4) is 0 Å². The van der Waals surface area contributed by atoms with Gasteiger partial charge < -0.3 is 4.48 Å². The molecule has 0 amide bonds. The molecule has 0 unspecified atom stereocenters. The lowest BCUT2D eigenvalue weighted by molar-refractivity contribution is -0.870. The first-order valence-electron chi connectivity index (χ1n) is 6.92. The molecule has 1 atom stereocenters. The van der Waals surface area contributed by atoms with Crippen LogP contribution in [0.1, 0.15) is 23.6 Å². The summed E-state index contributed by atoms with van der Waals surface area (Å²) in [5.41, 5.74) is 2.41. The predicted octanol–water partition coefficient (Wildman–Crippen LogP) is 3.96. The van der Waals surface area contributed by atoms with Gasteiger partial charge in [0.2, 0.25) is 0 Å². The van der Waals surface area contributed by atoms with Crippen LogP contribution in [-0.2, 0) is 0 Å². The molecule has 0 aliphatic heterocycles. The quantitative estimate of drug-likeness (QED) is 0.759. The van der Waals surface area contributed by atoms with Crippen molar-refractivity contribution < 1.29 is 4.48 Å². The van der Waals surface area contributed by atoms with E-state index >= 15 is 0 Å². The molecule has 106 valence electrons. The molecule has 0 aliphatic rings. The Hall–Kier alpha value is -1.38. The number of quaternary nitrogens is 1. The number of aromatic nitrogens is 1. The van der Waals surface area contributed by atoms with E-state index in [4.69, 9.17) is 11.6 Å². The molecule has 3 heteroatoms. The number of nitrogens with zero attached hydrogens (tertiary/aromatic N) is 2. The lowest BCUT2D eigenvalue weighted by atomic mass is 9.91. The molecule has 0 radical (unpaired) electrons. The van der Waals surface area contributed by atoms with Gasteiger partial charge in [0, 0.05) is 29.3 Å². The van der Waals surface area contributed by atoms with Crippen LogP contribution in [0.15, 0.2) is 48.7 Å². The predicted molar refractivity (Wildman–Crippen MR) is 85.0 cm³/mol. The van der Waals surface area contributed by atoms with Crippen LogP contribution in [0, 0.1) is 0 Å². The summed E-state index contributed by atoms with van der Waals surface area (Å²) in [5, 5.41) is 0.778. The Balaban J connectivity index is 2.27. The van der Waals surface area contributed by atoms with Gasteiger partial charge in [0.05, 0.1) is 27.7 Å². The molecule has 0 saturated heterocycles. The molecule has 0 N–H and O–H groups in total. The summed E-state index contributed by atoms with van der Waals surface area (Å²) >= 11 is 5.99. The second kappa shape index (κ2) is 6.38. The Labute approximate surface area is 126 Å². The fraction of sp³-hybridized carbons (Fsp3) is 0.353. The first-order valence-corrected chi connectivity index (χ1v) is 7.30. The summed E-state index contributed by atoms with van der Waals surface area (Å²) in [6.45, 7) is 1.10. The number of rotatable bonds is 5. The SMILES string of the molecule is C[N+](C)(C)CC[C@@H](c1ccc(Cl)cc1)c1ccccn1. The molecule has 0 spiro atoms. The molecule has 2 nitrogen and oxygen atoms in total. The van der Waals surface area contributed by atoms with Gasteiger partial charge in [0.1, 0.15) is 0 Å². The zero-order chi connectivity index (χ0) is 14.6. The van der Waals surface area contributed by atoms with Gasteiger partial charge in [-0.25, -0.2) is 0 Å². The molecule has 1 aromatic carbocycles. The van der Waals surface area contributed by atoms with Crippen LogP contribution < -0.4 is 0 Å². The van der Waals surface area contributed by atoms with E-state index in [1.165, 1.54) is 5.56 Å². The summed E-state index contributed by atoms with van der Waals surface area (Å²) in [6.07, 6.45) is 2.94. The fourth-order valence-corrected chi connectivity index (χ4v) is 2.40. The van der Waals surface area contributed by atoms with Crippen molar-refractivity contribution in [2.24, 2.45) is 0 Å². The van der Waals surface area contributed by atoms with E-state index in [1.807, 2.05) is 24.4 Å². The van der Waals surface area contributed by atoms with E-state index in [1.54, 1.807) is 0 Å². The molecule has 0 bridgehead atoms. The Kier molecular flexibility index (Phi) is 4.79. The maximum absolute atomic E-state index is 5.99. The van der Waals surface area contributed by atoms with Gasteiger partial charge in [-0.3, -0.25) is 4.98 Å². The van der Waals surface area contributed by atoms with Crippen LogP contribution in [0.2, 0.25) is 5.02 Å². The van der Waals surface area contributed by atoms with E-state index < -0.39 is 0 Å². The minimum atomic E-state index is 0.325. The average Bonchev–Trinajstić information content (AvgIpc) is 2.41. The zero-order valence-electron chi connectivity index (χ0n) is 12.4. The Morgan fingerprint density at radius 1 is 1.05 bits per heavy atom. The van der Waals surface area contributed by atoms with Crippen LogP contribution in [0.4, 0.5) is 0 Å². The molecular weight excluding hydrogens is 268 g/mol. The molecule has 0 aliphatic carbocycles. The Morgan fingerprint density at radius 2 is 1.75 bits per heavy atom. The van der Waals surface area contributed by atoms with Crippen LogP contribution >= 0.6 is 11.6 Å². The highest BCUT2D eigenvalue weighted by Gasteiger charge is 2.19. The largest absolute Gasteiger partial charge is 0.331 e. The summed E-state index contributed by atoms with van der Waals surface area (Å²) in [5.74, 6) is 0.325. The maximum Gasteiger partial charge on any atom is 0.0790 e. The summed E-state index contributed by atoms with van der Waals surface area (Å²) < 4.78 is 0.955. The Bertz CT molecular complexity index is 529. The zero-order valence-corrected chi connectivity index (χ0v) is 13.1. The summed E-state index contributed by atoms with van der Waals surface area (Å²) in [6, 6.07) is 14.3. The van der Waals surface area contributed by atoms with Crippen LogP contribution in [-0.4, -0.2) is 37.2 Å². The molecule has 20 heavy (non-hydrogen) atoms. The standard InChI is InChI=1S/C17H22ClN2/c1-20(2,3)13-11-16(17-6-4-5-12-19-17)14-7-9-15(18)10-8-14/h4-10,12,16H,11,13H2,1-3H3/q+1/t16-/m0/s1. The first-order chi connectivity index (χ1) is 9.46. The number of hydrogen-bond acceptors (Lipinski definition) is 1. The van der Waals surface area contributed by atoms with Gasteiger partial charge in [0.15, 0.2) is 0 Å². The van der Waals surface area contributed by atoms with E-state index in [0.29, 0.717) is 5.92 Å². The van der Waals surface area contributed by atoms with Crippen molar-refractivity contribution in [2.45, 2.75) is 12.3 Å². The number of halogens is 1. The van der Waals surface area contributed by atoms with Crippen molar-refractivity contribution in [3.05, 3.63) is 64.9 Å². The summed E-state index contributed by atoms with van der Waals surface area (Å²) in [4.78, 5) is 4.54. The third-order valence-corrected chi connectivity index (χ3v) is 3.66. The Morgan fingerprint density at radius 3 is 2.30 bits per heavy atom. The van der Waals surface area contributed by atoms with Crippen molar-refractivity contribution >= 4 is 11.6 Å². The highest BCUT2D eigenvalue weighted by atomic mass is 35.5. The highest BCUT2D eigenvalue weighted by Crippen LogP contribution is 2.28. The third kappa shape index (κ3) is 4.32. The normalized spacial score (nSPS) is 13.2. The topological polar surface area (TPSA) is 12.9 Å². The van der Waals surface area contributed by atoms with Crippen molar-refractivity contribution in [3.63, 3.8) is 0 Å². The number of hydrogen-bond donors (Lipinski definition) is 0. The highest BCUT2D eigenvalue weighted by molar-refractivity contribution is 6.30. The molecule has 1 heterocycles. The molecule has 1 aromatic heterocycles. The minimum Gasteiger partial charge on any atom is -0.331 e. The lowest BCUT2D eigenvalue weighted by Crippen LogP contribution is -2.36. The smallest absolute Gasteiger partial charge is 0.0790 e. The monoisotopic (exact) mass is 289 g/mol. The molecule has 0 fully saturated rings. The molecule has 2 rings (SSSR count). The van der Waals surface area contributed by atoms with Gasteiger partial charge in [0.25, 0.3) is 0 Å². The second-order valence-electron chi connectivity index (χ2n) is 6.16.